The fourth-order valence-corrected chi connectivity index (χ4v) is 3.99. The van der Waals surface area contributed by atoms with Crippen LogP contribution in [-0.4, -0.2) is 88.6 Å². The van der Waals surface area contributed by atoms with Crippen LogP contribution in [-0.2, 0) is 22.6 Å². The Labute approximate surface area is 187 Å². The SMILES string of the molecule is Cc1ccc(CN2CCCn3nc(C(=O)N(C)CC(=O)N4CCOCC4)cc3C2=O)cc1. The average Bonchev–Trinajstić information content (AvgIpc) is 3.17. The van der Waals surface area contributed by atoms with Crippen LogP contribution in [0.4, 0.5) is 0 Å². The van der Waals surface area contributed by atoms with Gasteiger partial charge in [0.05, 0.1) is 19.8 Å². The molecule has 4 rings (SSSR count). The van der Waals surface area contributed by atoms with Crippen molar-refractivity contribution in [1.82, 2.24) is 24.5 Å². The van der Waals surface area contributed by atoms with Crippen LogP contribution in [0.2, 0.25) is 0 Å². The van der Waals surface area contributed by atoms with Gasteiger partial charge in [0, 0.05) is 45.8 Å². The van der Waals surface area contributed by atoms with E-state index in [2.05, 4.69) is 5.10 Å². The number of hydrogen-bond donors (Lipinski definition) is 0. The van der Waals surface area contributed by atoms with E-state index >= 15 is 0 Å². The Morgan fingerprint density at radius 1 is 1.09 bits per heavy atom. The van der Waals surface area contributed by atoms with E-state index in [1.165, 1.54) is 10.5 Å². The molecule has 1 saturated heterocycles. The number of carbonyl (C=O) groups excluding carboxylic acids is 3. The molecule has 3 amide bonds. The lowest BCUT2D eigenvalue weighted by Crippen LogP contribution is -2.46. The van der Waals surface area contributed by atoms with E-state index in [4.69, 9.17) is 4.74 Å². The van der Waals surface area contributed by atoms with Crippen molar-refractivity contribution in [3.05, 3.63) is 52.8 Å². The summed E-state index contributed by atoms with van der Waals surface area (Å²) < 4.78 is 6.88. The van der Waals surface area contributed by atoms with Gasteiger partial charge in [-0.3, -0.25) is 19.1 Å². The highest BCUT2D eigenvalue weighted by Gasteiger charge is 2.28. The summed E-state index contributed by atoms with van der Waals surface area (Å²) in [6.45, 7) is 5.80. The van der Waals surface area contributed by atoms with Gasteiger partial charge >= 0.3 is 0 Å². The molecule has 0 spiro atoms. The average molecular weight is 440 g/mol. The standard InChI is InChI=1S/C23H29N5O4/c1-17-4-6-18(7-5-17)15-27-8-3-9-28-20(23(27)31)14-19(24-28)22(30)25(2)16-21(29)26-10-12-32-13-11-26/h4-7,14H,3,8-13,15-16H2,1-2H3. The van der Waals surface area contributed by atoms with Crippen LogP contribution in [0, 0.1) is 6.92 Å². The third-order valence-electron chi connectivity index (χ3n) is 5.88. The van der Waals surface area contributed by atoms with E-state index in [1.54, 1.807) is 27.6 Å². The van der Waals surface area contributed by atoms with Gasteiger partial charge in [0.15, 0.2) is 5.69 Å². The summed E-state index contributed by atoms with van der Waals surface area (Å²) in [4.78, 5) is 43.4. The molecule has 9 heteroatoms. The summed E-state index contributed by atoms with van der Waals surface area (Å²) in [5.74, 6) is -0.628. The Bertz CT molecular complexity index is 994. The Morgan fingerprint density at radius 2 is 1.81 bits per heavy atom. The Hall–Kier alpha value is -3.20. The van der Waals surface area contributed by atoms with E-state index < -0.39 is 0 Å². The molecule has 1 aromatic heterocycles. The molecule has 0 unspecified atom stereocenters. The summed E-state index contributed by atoms with van der Waals surface area (Å²) in [7, 11) is 1.58. The summed E-state index contributed by atoms with van der Waals surface area (Å²) in [5, 5.41) is 4.39. The van der Waals surface area contributed by atoms with E-state index in [1.807, 2.05) is 31.2 Å². The Kier molecular flexibility index (Phi) is 6.55. The van der Waals surface area contributed by atoms with Gasteiger partial charge in [-0.15, -0.1) is 0 Å². The smallest absolute Gasteiger partial charge is 0.274 e. The van der Waals surface area contributed by atoms with Crippen molar-refractivity contribution in [3.63, 3.8) is 0 Å². The van der Waals surface area contributed by atoms with Gasteiger partial charge in [0.25, 0.3) is 11.8 Å². The topological polar surface area (TPSA) is 88.0 Å². The number of ether oxygens (including phenoxy) is 1. The van der Waals surface area contributed by atoms with Crippen molar-refractivity contribution >= 4 is 17.7 Å². The van der Waals surface area contributed by atoms with Crippen LogP contribution >= 0.6 is 0 Å². The maximum atomic E-state index is 13.2. The van der Waals surface area contributed by atoms with Crippen LogP contribution in [0.1, 0.15) is 38.5 Å². The molecule has 0 aliphatic carbocycles. The number of hydrogen-bond acceptors (Lipinski definition) is 5. The lowest BCUT2D eigenvalue weighted by Gasteiger charge is -2.28. The highest BCUT2D eigenvalue weighted by Crippen LogP contribution is 2.18. The third kappa shape index (κ3) is 4.83. The van der Waals surface area contributed by atoms with E-state index in [-0.39, 0.29) is 30.0 Å². The van der Waals surface area contributed by atoms with Gasteiger partial charge in [0.1, 0.15) is 5.69 Å². The van der Waals surface area contributed by atoms with Crippen LogP contribution in [0.5, 0.6) is 0 Å². The van der Waals surface area contributed by atoms with Crippen LogP contribution in [0.3, 0.4) is 0 Å². The van der Waals surface area contributed by atoms with Crippen molar-refractivity contribution in [2.75, 3.05) is 46.4 Å². The number of amides is 3. The summed E-state index contributed by atoms with van der Waals surface area (Å²) >= 11 is 0. The molecule has 2 aliphatic heterocycles. The summed E-state index contributed by atoms with van der Waals surface area (Å²) in [6, 6.07) is 9.67. The summed E-state index contributed by atoms with van der Waals surface area (Å²) in [6.07, 6.45) is 0.755. The zero-order valence-electron chi connectivity index (χ0n) is 18.6. The Morgan fingerprint density at radius 3 is 2.53 bits per heavy atom. The second kappa shape index (κ2) is 9.52. The van der Waals surface area contributed by atoms with Crippen molar-refractivity contribution in [3.8, 4) is 0 Å². The van der Waals surface area contributed by atoms with Gasteiger partial charge in [-0.25, -0.2) is 0 Å². The highest BCUT2D eigenvalue weighted by atomic mass is 16.5. The lowest BCUT2D eigenvalue weighted by molar-refractivity contribution is -0.135. The van der Waals surface area contributed by atoms with E-state index in [9.17, 15) is 14.4 Å². The predicted octanol–water partition coefficient (Wildman–Crippen LogP) is 1.17. The van der Waals surface area contributed by atoms with Gasteiger partial charge in [-0.1, -0.05) is 29.8 Å². The third-order valence-corrected chi connectivity index (χ3v) is 5.88. The number of likely N-dealkylation sites (N-methyl/N-ethyl adjacent to an activating group) is 1. The number of aryl methyl sites for hydroxylation is 2. The quantitative estimate of drug-likeness (QED) is 0.698. The molecule has 0 radical (unpaired) electrons. The van der Waals surface area contributed by atoms with Gasteiger partial charge in [-0.2, -0.15) is 5.10 Å². The lowest BCUT2D eigenvalue weighted by atomic mass is 10.1. The number of aromatic nitrogens is 2. The number of fused-ring (bicyclic) bond motifs is 1. The van der Waals surface area contributed by atoms with Crippen LogP contribution in [0.25, 0.3) is 0 Å². The second-order valence-electron chi connectivity index (χ2n) is 8.36. The molecule has 0 saturated carbocycles. The fraction of sp³-hybridized carbons (Fsp3) is 0.478. The largest absolute Gasteiger partial charge is 0.378 e. The molecular weight excluding hydrogens is 410 g/mol. The van der Waals surface area contributed by atoms with Gasteiger partial charge in [0.2, 0.25) is 5.91 Å². The summed E-state index contributed by atoms with van der Waals surface area (Å²) in [5.41, 5.74) is 2.83. The molecular formula is C23H29N5O4. The molecule has 0 bridgehead atoms. The van der Waals surface area contributed by atoms with Crippen LogP contribution < -0.4 is 0 Å². The molecule has 0 N–H and O–H groups in total. The molecule has 9 nitrogen and oxygen atoms in total. The monoisotopic (exact) mass is 439 g/mol. The minimum atomic E-state index is -0.370. The molecule has 2 aliphatic rings. The normalized spacial score (nSPS) is 16.5. The van der Waals surface area contributed by atoms with E-state index in [0.29, 0.717) is 51.6 Å². The number of benzene rings is 1. The second-order valence-corrected chi connectivity index (χ2v) is 8.36. The Balaban J connectivity index is 1.44. The van der Waals surface area contributed by atoms with E-state index in [0.717, 1.165) is 12.0 Å². The molecule has 170 valence electrons. The molecule has 3 heterocycles. The zero-order valence-corrected chi connectivity index (χ0v) is 18.6. The first-order valence-electron chi connectivity index (χ1n) is 11.0. The van der Waals surface area contributed by atoms with Crippen molar-refractivity contribution < 1.29 is 19.1 Å². The molecule has 1 aromatic carbocycles. The first-order valence-corrected chi connectivity index (χ1v) is 11.0. The maximum absolute atomic E-state index is 13.2. The first-order chi connectivity index (χ1) is 15.4. The molecule has 0 atom stereocenters. The predicted molar refractivity (Wildman–Crippen MR) is 117 cm³/mol. The number of nitrogens with zero attached hydrogens (tertiary/aromatic N) is 5. The van der Waals surface area contributed by atoms with Crippen molar-refractivity contribution in [2.24, 2.45) is 0 Å². The van der Waals surface area contributed by atoms with Gasteiger partial charge < -0.3 is 19.4 Å². The van der Waals surface area contributed by atoms with Gasteiger partial charge in [-0.05, 0) is 18.9 Å². The fourth-order valence-electron chi connectivity index (χ4n) is 3.99. The van der Waals surface area contributed by atoms with Crippen molar-refractivity contribution in [1.29, 1.82) is 0 Å². The minimum absolute atomic E-state index is 0.0332. The number of rotatable bonds is 5. The number of morpholine rings is 1. The maximum Gasteiger partial charge on any atom is 0.274 e. The first kappa shape index (κ1) is 22.0. The molecule has 2 aromatic rings. The molecule has 32 heavy (non-hydrogen) atoms. The zero-order chi connectivity index (χ0) is 22.7. The van der Waals surface area contributed by atoms with Crippen LogP contribution in [0.15, 0.2) is 30.3 Å². The van der Waals surface area contributed by atoms with Crippen molar-refractivity contribution in [2.45, 2.75) is 26.4 Å². The highest BCUT2D eigenvalue weighted by molar-refractivity contribution is 5.99. The molecule has 1 fully saturated rings. The minimum Gasteiger partial charge on any atom is -0.378 e. The number of carbonyl (C=O) groups is 3.